The molecule has 5 nitrogen and oxygen atoms in total. The zero-order valence-corrected chi connectivity index (χ0v) is 11.4. The molecule has 2 rings (SSSR count). The lowest BCUT2D eigenvalue weighted by Gasteiger charge is -2.24. The average molecular weight is 240 g/mol. The van der Waals surface area contributed by atoms with Crippen molar-refractivity contribution in [2.24, 2.45) is 0 Å². The van der Waals surface area contributed by atoms with Crippen LogP contribution in [0.3, 0.4) is 0 Å². The summed E-state index contributed by atoms with van der Waals surface area (Å²) in [6.07, 6.45) is 2.39. The van der Waals surface area contributed by atoms with Gasteiger partial charge in [-0.25, -0.2) is 19.0 Å². The van der Waals surface area contributed by atoms with Gasteiger partial charge in [-0.1, -0.05) is 0 Å². The van der Waals surface area contributed by atoms with Crippen molar-refractivity contribution < 1.29 is 13.9 Å². The lowest BCUT2D eigenvalue weighted by atomic mass is 10.3. The van der Waals surface area contributed by atoms with Crippen molar-refractivity contribution >= 4 is 12.0 Å². The van der Waals surface area contributed by atoms with Crippen molar-refractivity contribution in [2.75, 3.05) is 54.4 Å². The molecule has 0 aromatic carbocycles. The molecule has 0 saturated heterocycles. The van der Waals surface area contributed by atoms with E-state index >= 15 is 0 Å². The Kier molecular flexibility index (Phi) is 3.54. The van der Waals surface area contributed by atoms with E-state index in [-0.39, 0.29) is 0 Å². The van der Waals surface area contributed by atoms with Crippen molar-refractivity contribution in [3.8, 4) is 0 Å². The fraction of sp³-hybridized carbons (Fsp3) is 0.833. The van der Waals surface area contributed by atoms with E-state index in [1.807, 2.05) is 0 Å². The van der Waals surface area contributed by atoms with Gasteiger partial charge in [0.2, 0.25) is 0 Å². The van der Waals surface area contributed by atoms with E-state index < -0.39 is 0 Å². The Labute approximate surface area is 104 Å². The predicted molar refractivity (Wildman–Crippen MR) is 67.7 cm³/mol. The van der Waals surface area contributed by atoms with Crippen LogP contribution < -0.4 is 0 Å². The first kappa shape index (κ1) is 12.2. The zero-order valence-electron chi connectivity index (χ0n) is 11.4. The highest BCUT2D eigenvalue weighted by atomic mass is 16.5. The van der Waals surface area contributed by atoms with E-state index in [9.17, 15) is 0 Å². The first-order chi connectivity index (χ1) is 8.09. The lowest BCUT2D eigenvalue weighted by molar-refractivity contribution is -0.530. The molecule has 17 heavy (non-hydrogen) atoms. The summed E-state index contributed by atoms with van der Waals surface area (Å²) in [4.78, 5) is 4.37. The number of hydrogen-bond donors (Lipinski definition) is 0. The van der Waals surface area contributed by atoms with E-state index in [0.717, 1.165) is 38.2 Å². The largest absolute Gasteiger partial charge is 0.456 e. The molecule has 2 heterocycles. The van der Waals surface area contributed by atoms with Crippen LogP contribution in [0.5, 0.6) is 0 Å². The highest BCUT2D eigenvalue weighted by Gasteiger charge is 2.33. The van der Waals surface area contributed by atoms with Crippen LogP contribution in [0.4, 0.5) is 0 Å². The van der Waals surface area contributed by atoms with Crippen LogP contribution in [0.15, 0.2) is 0 Å². The highest BCUT2D eigenvalue weighted by Crippen LogP contribution is 2.05. The summed E-state index contributed by atoms with van der Waals surface area (Å²) in [5, 5.41) is 0. The van der Waals surface area contributed by atoms with Crippen LogP contribution in [0, 0.1) is 0 Å². The Bertz CT molecular complexity index is 328. The lowest BCUT2D eigenvalue weighted by Crippen LogP contribution is -2.49. The molecule has 0 spiro atoms. The number of hydrogen-bond acceptors (Lipinski definition) is 3. The number of amidine groups is 2. The minimum absolute atomic E-state index is 0.965. The Balaban J connectivity index is 2.19. The smallest absolute Gasteiger partial charge is 0.321 e. The summed E-state index contributed by atoms with van der Waals surface area (Å²) >= 11 is 0. The minimum Gasteiger partial charge on any atom is -0.321 e. The second-order valence-electron chi connectivity index (χ2n) is 5.06. The summed E-state index contributed by atoms with van der Waals surface area (Å²) in [7, 11) is 8.37. The van der Waals surface area contributed by atoms with E-state index in [1.165, 1.54) is 12.8 Å². The third-order valence-corrected chi connectivity index (χ3v) is 3.46. The van der Waals surface area contributed by atoms with Gasteiger partial charge in [0.15, 0.2) is 0 Å². The molecule has 0 saturated carbocycles. The minimum atomic E-state index is 0.965. The van der Waals surface area contributed by atoms with Crippen LogP contribution in [-0.4, -0.2) is 85.4 Å². The maximum Gasteiger partial charge on any atom is 0.456 e. The second kappa shape index (κ2) is 4.94. The summed E-state index contributed by atoms with van der Waals surface area (Å²) in [5.74, 6) is 0. The zero-order chi connectivity index (χ0) is 12.4. The van der Waals surface area contributed by atoms with Crippen molar-refractivity contribution in [1.29, 1.82) is 0 Å². The molecule has 0 bridgehead atoms. The molecule has 0 amide bonds. The third kappa shape index (κ3) is 2.53. The summed E-state index contributed by atoms with van der Waals surface area (Å²) in [6, 6.07) is 1.93. The second-order valence-corrected chi connectivity index (χ2v) is 5.06. The molecular formula is C12H24N4O+2. The molecule has 2 aliphatic rings. The fourth-order valence-corrected chi connectivity index (χ4v) is 2.45. The van der Waals surface area contributed by atoms with Gasteiger partial charge in [0.25, 0.3) is 0 Å². The summed E-state index contributed by atoms with van der Waals surface area (Å²) in [6.45, 7) is 4.28. The van der Waals surface area contributed by atoms with Gasteiger partial charge in [0, 0.05) is 12.8 Å². The fourth-order valence-electron chi connectivity index (χ4n) is 2.45. The van der Waals surface area contributed by atoms with Gasteiger partial charge in [0.1, 0.15) is 0 Å². The van der Waals surface area contributed by atoms with Crippen LogP contribution in [-0.2, 0) is 4.74 Å². The van der Waals surface area contributed by atoms with Gasteiger partial charge >= 0.3 is 12.0 Å². The Morgan fingerprint density at radius 1 is 0.882 bits per heavy atom. The number of nitrogens with zero attached hydrogens (tertiary/aromatic N) is 4. The topological polar surface area (TPSA) is 21.7 Å². The van der Waals surface area contributed by atoms with E-state index in [2.05, 4.69) is 47.1 Å². The molecule has 0 unspecified atom stereocenters. The Morgan fingerprint density at radius 2 is 1.29 bits per heavy atom. The Hall–Kier alpha value is -1.26. The SMILES string of the molecule is CN1CCC[N+](C)=C1OC1=[N+](C)CCCN1C. The standard InChI is InChI=1S/C12H24N4O/c1-13-7-5-8-14(2)11(13)17-12-15(3)9-6-10-16(12)4/h5-10H2,1-4H3/q+2. The monoisotopic (exact) mass is 240 g/mol. The predicted octanol–water partition coefficient (Wildman–Crippen LogP) is -0.329. The Morgan fingerprint density at radius 3 is 1.65 bits per heavy atom. The number of ether oxygens (including phenoxy) is 1. The molecule has 2 aliphatic heterocycles. The van der Waals surface area contributed by atoms with Gasteiger partial charge in [-0.2, -0.15) is 0 Å². The molecule has 0 aromatic heterocycles. The quantitative estimate of drug-likeness (QED) is 0.541. The van der Waals surface area contributed by atoms with E-state index in [1.54, 1.807) is 0 Å². The molecule has 0 N–H and O–H groups in total. The average Bonchev–Trinajstić information content (AvgIpc) is 2.27. The summed E-state index contributed by atoms with van der Waals surface area (Å²) in [5.41, 5.74) is 0. The molecule has 96 valence electrons. The van der Waals surface area contributed by atoms with Crippen molar-refractivity contribution in [1.82, 2.24) is 9.80 Å². The first-order valence-electron chi connectivity index (χ1n) is 6.36. The maximum atomic E-state index is 6.12. The maximum absolute atomic E-state index is 6.12. The normalized spacial score (nSPS) is 22.4. The van der Waals surface area contributed by atoms with E-state index in [0.29, 0.717) is 0 Å². The van der Waals surface area contributed by atoms with E-state index in [4.69, 9.17) is 4.74 Å². The summed E-state index contributed by atoms with van der Waals surface area (Å²) < 4.78 is 10.5. The molecule has 0 fully saturated rings. The molecule has 0 aliphatic carbocycles. The molecule has 0 radical (unpaired) electrons. The van der Waals surface area contributed by atoms with Crippen LogP contribution in [0.25, 0.3) is 0 Å². The van der Waals surface area contributed by atoms with Crippen LogP contribution >= 0.6 is 0 Å². The van der Waals surface area contributed by atoms with Gasteiger partial charge in [0.05, 0.1) is 54.4 Å². The van der Waals surface area contributed by atoms with Crippen LogP contribution in [0.1, 0.15) is 12.8 Å². The van der Waals surface area contributed by atoms with Gasteiger partial charge in [-0.15, -0.1) is 0 Å². The first-order valence-corrected chi connectivity index (χ1v) is 6.36. The number of rotatable bonds is 0. The van der Waals surface area contributed by atoms with Crippen molar-refractivity contribution in [3.05, 3.63) is 0 Å². The van der Waals surface area contributed by atoms with Crippen molar-refractivity contribution in [3.63, 3.8) is 0 Å². The molecule has 0 aromatic rings. The highest BCUT2D eigenvalue weighted by molar-refractivity contribution is 5.84. The molecule has 0 atom stereocenters. The van der Waals surface area contributed by atoms with Gasteiger partial charge in [-0.05, 0) is 0 Å². The van der Waals surface area contributed by atoms with Crippen molar-refractivity contribution in [2.45, 2.75) is 12.8 Å². The molecule has 5 heteroatoms. The van der Waals surface area contributed by atoms with Gasteiger partial charge in [-0.3, -0.25) is 0 Å². The molecular weight excluding hydrogens is 216 g/mol. The third-order valence-electron chi connectivity index (χ3n) is 3.46. The van der Waals surface area contributed by atoms with Gasteiger partial charge < -0.3 is 4.74 Å². The van der Waals surface area contributed by atoms with Crippen LogP contribution in [0.2, 0.25) is 0 Å².